The van der Waals surface area contributed by atoms with Gasteiger partial charge in [-0.05, 0) is 37.0 Å². The summed E-state index contributed by atoms with van der Waals surface area (Å²) in [5, 5.41) is 9.72. The first-order chi connectivity index (χ1) is 7.81. The molecule has 0 radical (unpaired) electrons. The average Bonchev–Trinajstić information content (AvgIpc) is 2.29. The van der Waals surface area contributed by atoms with Crippen LogP contribution in [0.5, 0.6) is 0 Å². The molecule has 1 aromatic carbocycles. The Morgan fingerprint density at radius 3 is 2.81 bits per heavy atom. The van der Waals surface area contributed by atoms with Crippen LogP contribution in [0.1, 0.15) is 18.4 Å². The Morgan fingerprint density at radius 2 is 2.00 bits per heavy atom. The maximum absolute atomic E-state index is 11.1. The van der Waals surface area contributed by atoms with Gasteiger partial charge in [0.15, 0.2) is 0 Å². The van der Waals surface area contributed by atoms with Crippen LogP contribution in [-0.4, -0.2) is 11.7 Å². The number of aryl methyl sites for hydroxylation is 1. The molecule has 3 nitrogen and oxygen atoms in total. The summed E-state index contributed by atoms with van der Waals surface area (Å²) in [7, 11) is 0. The molecule has 0 spiro atoms. The molecule has 1 N–H and O–H groups in total. The van der Waals surface area contributed by atoms with Gasteiger partial charge in [-0.15, -0.1) is 0 Å². The minimum atomic E-state index is -0.319. The SMILES string of the molecule is O=c1ccc2c(CCCCO)cccc2o1. The molecular weight excluding hydrogens is 204 g/mol. The molecule has 0 atom stereocenters. The van der Waals surface area contributed by atoms with E-state index in [2.05, 4.69) is 0 Å². The molecular formula is C13H14O3. The third-order valence-corrected chi connectivity index (χ3v) is 2.61. The van der Waals surface area contributed by atoms with Crippen molar-refractivity contribution in [2.45, 2.75) is 19.3 Å². The van der Waals surface area contributed by atoms with Crippen LogP contribution in [0, 0.1) is 0 Å². The first-order valence-electron chi connectivity index (χ1n) is 5.44. The summed E-state index contributed by atoms with van der Waals surface area (Å²) >= 11 is 0. The van der Waals surface area contributed by atoms with Gasteiger partial charge in [-0.2, -0.15) is 0 Å². The second kappa shape index (κ2) is 4.94. The zero-order chi connectivity index (χ0) is 11.4. The van der Waals surface area contributed by atoms with Gasteiger partial charge in [0.05, 0.1) is 0 Å². The smallest absolute Gasteiger partial charge is 0.336 e. The van der Waals surface area contributed by atoms with Gasteiger partial charge in [0, 0.05) is 18.1 Å². The van der Waals surface area contributed by atoms with E-state index in [0.717, 1.165) is 30.2 Å². The van der Waals surface area contributed by atoms with Gasteiger partial charge >= 0.3 is 5.63 Å². The molecule has 0 aliphatic rings. The average molecular weight is 218 g/mol. The highest BCUT2D eigenvalue weighted by Crippen LogP contribution is 2.18. The fraction of sp³-hybridized carbons (Fsp3) is 0.308. The van der Waals surface area contributed by atoms with Crippen molar-refractivity contribution in [1.29, 1.82) is 0 Å². The molecule has 0 unspecified atom stereocenters. The number of rotatable bonds is 4. The second-order valence-corrected chi connectivity index (χ2v) is 3.76. The fourth-order valence-corrected chi connectivity index (χ4v) is 1.81. The highest BCUT2D eigenvalue weighted by Gasteiger charge is 2.02. The molecule has 1 heterocycles. The number of aliphatic hydroxyl groups excluding tert-OH is 1. The quantitative estimate of drug-likeness (QED) is 0.631. The highest BCUT2D eigenvalue weighted by atomic mass is 16.4. The first kappa shape index (κ1) is 10.9. The van der Waals surface area contributed by atoms with Crippen LogP contribution in [0.3, 0.4) is 0 Å². The van der Waals surface area contributed by atoms with Crippen molar-refractivity contribution in [3.05, 3.63) is 46.3 Å². The molecule has 0 fully saturated rings. The van der Waals surface area contributed by atoms with Crippen molar-refractivity contribution >= 4 is 11.0 Å². The number of aliphatic hydroxyl groups is 1. The topological polar surface area (TPSA) is 50.4 Å². The summed E-state index contributed by atoms with van der Waals surface area (Å²) in [6.45, 7) is 0.222. The van der Waals surface area contributed by atoms with Gasteiger partial charge in [-0.1, -0.05) is 12.1 Å². The van der Waals surface area contributed by atoms with E-state index in [0.29, 0.717) is 5.58 Å². The zero-order valence-electron chi connectivity index (χ0n) is 8.98. The Balaban J connectivity index is 2.34. The lowest BCUT2D eigenvalue weighted by atomic mass is 10.0. The van der Waals surface area contributed by atoms with Crippen molar-refractivity contribution in [2.24, 2.45) is 0 Å². The minimum Gasteiger partial charge on any atom is -0.423 e. The molecule has 84 valence electrons. The Hall–Kier alpha value is -1.61. The summed E-state index contributed by atoms with van der Waals surface area (Å²) < 4.78 is 5.10. The molecule has 0 saturated heterocycles. The summed E-state index contributed by atoms with van der Waals surface area (Å²) in [5.74, 6) is 0. The van der Waals surface area contributed by atoms with Crippen molar-refractivity contribution < 1.29 is 9.52 Å². The second-order valence-electron chi connectivity index (χ2n) is 3.76. The molecule has 0 saturated carbocycles. The van der Waals surface area contributed by atoms with Gasteiger partial charge in [0.25, 0.3) is 0 Å². The van der Waals surface area contributed by atoms with E-state index in [1.807, 2.05) is 12.1 Å². The third-order valence-electron chi connectivity index (χ3n) is 2.61. The van der Waals surface area contributed by atoms with Crippen molar-refractivity contribution in [3.8, 4) is 0 Å². The number of unbranched alkanes of at least 4 members (excludes halogenated alkanes) is 1. The molecule has 2 aromatic rings. The number of fused-ring (bicyclic) bond motifs is 1. The summed E-state index contributed by atoms with van der Waals surface area (Å²) in [6, 6.07) is 8.96. The van der Waals surface area contributed by atoms with Gasteiger partial charge in [0.2, 0.25) is 0 Å². The van der Waals surface area contributed by atoms with Gasteiger partial charge < -0.3 is 9.52 Å². The van der Waals surface area contributed by atoms with E-state index in [9.17, 15) is 4.79 Å². The molecule has 16 heavy (non-hydrogen) atoms. The molecule has 0 aliphatic carbocycles. The highest BCUT2D eigenvalue weighted by molar-refractivity contribution is 5.80. The Morgan fingerprint density at radius 1 is 1.12 bits per heavy atom. The van der Waals surface area contributed by atoms with Gasteiger partial charge in [-0.3, -0.25) is 0 Å². The maximum Gasteiger partial charge on any atom is 0.336 e. The van der Waals surface area contributed by atoms with E-state index < -0.39 is 0 Å². The summed E-state index contributed by atoms with van der Waals surface area (Å²) in [4.78, 5) is 11.1. The summed E-state index contributed by atoms with van der Waals surface area (Å²) in [6.07, 6.45) is 2.63. The van der Waals surface area contributed by atoms with Crippen LogP contribution in [0.25, 0.3) is 11.0 Å². The molecule has 0 bridgehead atoms. The predicted molar refractivity (Wildman–Crippen MR) is 62.5 cm³/mol. The van der Waals surface area contributed by atoms with E-state index in [-0.39, 0.29) is 12.2 Å². The number of hydrogen-bond donors (Lipinski definition) is 1. The van der Waals surface area contributed by atoms with Crippen molar-refractivity contribution in [1.82, 2.24) is 0 Å². The van der Waals surface area contributed by atoms with Gasteiger partial charge in [0.1, 0.15) is 5.58 Å². The lowest BCUT2D eigenvalue weighted by Crippen LogP contribution is -1.96. The van der Waals surface area contributed by atoms with Crippen LogP contribution in [0.4, 0.5) is 0 Å². The molecule has 0 amide bonds. The predicted octanol–water partition coefficient (Wildman–Crippen LogP) is 2.11. The van der Waals surface area contributed by atoms with Crippen LogP contribution >= 0.6 is 0 Å². The largest absolute Gasteiger partial charge is 0.423 e. The normalized spacial score (nSPS) is 10.8. The van der Waals surface area contributed by atoms with E-state index >= 15 is 0 Å². The Kier molecular flexibility index (Phi) is 3.37. The van der Waals surface area contributed by atoms with Crippen LogP contribution in [-0.2, 0) is 6.42 Å². The van der Waals surface area contributed by atoms with E-state index in [1.54, 1.807) is 12.1 Å². The Bertz CT molecular complexity index is 528. The van der Waals surface area contributed by atoms with Gasteiger partial charge in [-0.25, -0.2) is 4.79 Å². The standard InChI is InChI=1S/C13H14O3/c14-9-2-1-4-10-5-3-6-12-11(10)7-8-13(15)16-12/h3,5-8,14H,1-2,4,9H2. The third kappa shape index (κ3) is 2.31. The van der Waals surface area contributed by atoms with Crippen LogP contribution in [0.15, 0.2) is 39.5 Å². The molecule has 3 heteroatoms. The minimum absolute atomic E-state index is 0.222. The van der Waals surface area contributed by atoms with E-state index in [4.69, 9.17) is 9.52 Å². The molecule has 0 aliphatic heterocycles. The molecule has 1 aromatic heterocycles. The Labute approximate surface area is 93.3 Å². The van der Waals surface area contributed by atoms with Crippen molar-refractivity contribution in [2.75, 3.05) is 6.61 Å². The molecule has 2 rings (SSSR count). The first-order valence-corrected chi connectivity index (χ1v) is 5.44. The fourth-order valence-electron chi connectivity index (χ4n) is 1.81. The van der Waals surface area contributed by atoms with E-state index in [1.165, 1.54) is 6.07 Å². The lowest BCUT2D eigenvalue weighted by molar-refractivity contribution is 0.284. The van der Waals surface area contributed by atoms with Crippen LogP contribution < -0.4 is 5.63 Å². The number of benzene rings is 1. The summed E-state index contributed by atoms with van der Waals surface area (Å²) in [5.41, 5.74) is 1.48. The zero-order valence-corrected chi connectivity index (χ0v) is 8.98. The number of hydrogen-bond acceptors (Lipinski definition) is 3. The lowest BCUT2D eigenvalue weighted by Gasteiger charge is -2.04. The van der Waals surface area contributed by atoms with Crippen LogP contribution in [0.2, 0.25) is 0 Å². The monoisotopic (exact) mass is 218 g/mol. The maximum atomic E-state index is 11.1. The van der Waals surface area contributed by atoms with Crippen molar-refractivity contribution in [3.63, 3.8) is 0 Å².